The Hall–Kier alpha value is -0.870. The van der Waals surface area contributed by atoms with Gasteiger partial charge < -0.3 is 15.2 Å². The zero-order valence-corrected chi connectivity index (χ0v) is 9.70. The van der Waals surface area contributed by atoms with Crippen LogP contribution in [-0.4, -0.2) is 40.5 Å². The van der Waals surface area contributed by atoms with Crippen molar-refractivity contribution in [1.29, 1.82) is 0 Å². The van der Waals surface area contributed by atoms with Crippen molar-refractivity contribution in [2.45, 2.75) is 38.4 Å². The van der Waals surface area contributed by atoms with Gasteiger partial charge in [0.1, 0.15) is 5.82 Å². The summed E-state index contributed by atoms with van der Waals surface area (Å²) in [6, 6.07) is 1.58. The number of likely N-dealkylation sites (N-methyl/N-ethyl adjacent to an activating group) is 1. The summed E-state index contributed by atoms with van der Waals surface area (Å²) in [4.78, 5) is 9.81. The molecule has 0 aromatic carbocycles. The second-order valence-electron chi connectivity index (χ2n) is 4.58. The molecule has 0 bridgehead atoms. The minimum atomic E-state index is 0.309. The molecule has 3 unspecified atom stereocenters. The van der Waals surface area contributed by atoms with Gasteiger partial charge in [-0.3, -0.25) is 0 Å². The highest BCUT2D eigenvalue weighted by Crippen LogP contribution is 2.17. The molecule has 1 fully saturated rings. The predicted molar refractivity (Wildman–Crippen MR) is 60.6 cm³/mol. The monoisotopic (exact) mass is 208 g/mol. The molecular formula is C11H20N4. The molecule has 1 aromatic heterocycles. The second-order valence-corrected chi connectivity index (χ2v) is 4.58. The summed E-state index contributed by atoms with van der Waals surface area (Å²) in [6.45, 7) is 5.56. The van der Waals surface area contributed by atoms with Crippen molar-refractivity contribution in [3.8, 4) is 0 Å². The lowest BCUT2D eigenvalue weighted by molar-refractivity contribution is 0.324. The Morgan fingerprint density at radius 2 is 2.47 bits per heavy atom. The van der Waals surface area contributed by atoms with Gasteiger partial charge in [0.15, 0.2) is 0 Å². The summed E-state index contributed by atoms with van der Waals surface area (Å²) in [5, 5.41) is 3.61. The third-order valence-electron chi connectivity index (χ3n) is 3.30. The number of aromatic amines is 1. The molecule has 4 nitrogen and oxygen atoms in total. The minimum absolute atomic E-state index is 0.309. The van der Waals surface area contributed by atoms with E-state index in [1.807, 2.05) is 6.20 Å². The lowest BCUT2D eigenvalue weighted by Crippen LogP contribution is -2.34. The first-order valence-electron chi connectivity index (χ1n) is 5.62. The van der Waals surface area contributed by atoms with Gasteiger partial charge in [-0.2, -0.15) is 0 Å². The summed E-state index contributed by atoms with van der Waals surface area (Å²) < 4.78 is 0. The van der Waals surface area contributed by atoms with Crippen molar-refractivity contribution in [2.24, 2.45) is 0 Å². The van der Waals surface area contributed by atoms with E-state index in [1.165, 1.54) is 6.42 Å². The molecular weight excluding hydrogens is 188 g/mol. The quantitative estimate of drug-likeness (QED) is 0.783. The topological polar surface area (TPSA) is 44.0 Å². The van der Waals surface area contributed by atoms with Gasteiger partial charge in [-0.15, -0.1) is 0 Å². The molecule has 2 heterocycles. The standard InChI is InChI=1S/C11H20N4/c1-8-6-10(7-15(8)3)14-9(2)11-12-4-5-13-11/h4-5,8-10,14H,6-7H2,1-3H3,(H,12,13). The van der Waals surface area contributed by atoms with E-state index in [1.54, 1.807) is 6.20 Å². The highest BCUT2D eigenvalue weighted by Gasteiger charge is 2.27. The number of imidazole rings is 1. The van der Waals surface area contributed by atoms with Crippen molar-refractivity contribution in [1.82, 2.24) is 20.2 Å². The van der Waals surface area contributed by atoms with Crippen molar-refractivity contribution in [2.75, 3.05) is 13.6 Å². The van der Waals surface area contributed by atoms with Gasteiger partial charge in [-0.1, -0.05) is 0 Å². The average Bonchev–Trinajstić information content (AvgIpc) is 2.77. The fourth-order valence-corrected chi connectivity index (χ4v) is 2.26. The molecule has 1 aliphatic rings. The van der Waals surface area contributed by atoms with Crippen LogP contribution < -0.4 is 5.32 Å². The molecule has 3 atom stereocenters. The van der Waals surface area contributed by atoms with Crippen molar-refractivity contribution < 1.29 is 0 Å². The predicted octanol–water partition coefficient (Wildman–Crippen LogP) is 1.15. The number of nitrogens with one attached hydrogen (secondary N) is 2. The van der Waals surface area contributed by atoms with Crippen LogP contribution in [0.3, 0.4) is 0 Å². The lowest BCUT2D eigenvalue weighted by Gasteiger charge is -2.17. The highest BCUT2D eigenvalue weighted by molar-refractivity contribution is 4.96. The van der Waals surface area contributed by atoms with E-state index in [-0.39, 0.29) is 0 Å². The van der Waals surface area contributed by atoms with Crippen molar-refractivity contribution >= 4 is 0 Å². The molecule has 1 aliphatic heterocycles. The van der Waals surface area contributed by atoms with E-state index >= 15 is 0 Å². The number of hydrogen-bond acceptors (Lipinski definition) is 3. The summed E-state index contributed by atoms with van der Waals surface area (Å²) in [5.74, 6) is 1.03. The first-order valence-corrected chi connectivity index (χ1v) is 5.62. The number of likely N-dealkylation sites (tertiary alicyclic amines) is 1. The van der Waals surface area contributed by atoms with Gasteiger partial charge in [-0.25, -0.2) is 4.98 Å². The van der Waals surface area contributed by atoms with E-state index in [0.717, 1.165) is 12.4 Å². The van der Waals surface area contributed by atoms with Gasteiger partial charge in [0.25, 0.3) is 0 Å². The van der Waals surface area contributed by atoms with Crippen LogP contribution >= 0.6 is 0 Å². The summed E-state index contributed by atoms with van der Waals surface area (Å²) in [6.07, 6.45) is 4.90. The average molecular weight is 208 g/mol. The van der Waals surface area contributed by atoms with E-state index in [0.29, 0.717) is 18.1 Å². The van der Waals surface area contributed by atoms with Crippen LogP contribution in [0.4, 0.5) is 0 Å². The molecule has 84 valence electrons. The smallest absolute Gasteiger partial charge is 0.122 e. The zero-order chi connectivity index (χ0) is 10.8. The van der Waals surface area contributed by atoms with Gasteiger partial charge in [0.05, 0.1) is 6.04 Å². The Bertz CT molecular complexity index is 286. The van der Waals surface area contributed by atoms with Crippen LogP contribution in [0.1, 0.15) is 32.1 Å². The van der Waals surface area contributed by atoms with E-state index < -0.39 is 0 Å². The van der Waals surface area contributed by atoms with Crippen LogP contribution in [0.15, 0.2) is 12.4 Å². The third-order valence-corrected chi connectivity index (χ3v) is 3.30. The Morgan fingerprint density at radius 3 is 3.00 bits per heavy atom. The Labute approximate surface area is 91.1 Å². The maximum absolute atomic E-state index is 4.26. The highest BCUT2D eigenvalue weighted by atomic mass is 15.2. The van der Waals surface area contributed by atoms with E-state index in [2.05, 4.69) is 41.1 Å². The van der Waals surface area contributed by atoms with Gasteiger partial charge in [-0.05, 0) is 27.3 Å². The van der Waals surface area contributed by atoms with Crippen LogP contribution in [0, 0.1) is 0 Å². The fraction of sp³-hybridized carbons (Fsp3) is 0.727. The molecule has 0 radical (unpaired) electrons. The number of hydrogen-bond donors (Lipinski definition) is 2. The summed E-state index contributed by atoms with van der Waals surface area (Å²) in [7, 11) is 2.18. The fourth-order valence-electron chi connectivity index (χ4n) is 2.26. The van der Waals surface area contributed by atoms with Crippen LogP contribution in [0.2, 0.25) is 0 Å². The lowest BCUT2D eigenvalue weighted by atomic mass is 10.1. The number of H-pyrrole nitrogens is 1. The molecule has 1 aromatic rings. The summed E-state index contributed by atoms with van der Waals surface area (Å²) in [5.41, 5.74) is 0. The van der Waals surface area contributed by atoms with Crippen molar-refractivity contribution in [3.05, 3.63) is 18.2 Å². The molecule has 1 saturated heterocycles. The van der Waals surface area contributed by atoms with Crippen molar-refractivity contribution in [3.63, 3.8) is 0 Å². The van der Waals surface area contributed by atoms with Gasteiger partial charge in [0, 0.05) is 31.0 Å². The zero-order valence-electron chi connectivity index (χ0n) is 9.70. The summed E-state index contributed by atoms with van der Waals surface area (Å²) >= 11 is 0. The minimum Gasteiger partial charge on any atom is -0.347 e. The Kier molecular flexibility index (Phi) is 3.07. The molecule has 0 aliphatic carbocycles. The maximum atomic E-state index is 4.26. The number of aromatic nitrogens is 2. The first kappa shape index (κ1) is 10.6. The Balaban J connectivity index is 1.88. The molecule has 0 amide bonds. The van der Waals surface area contributed by atoms with Gasteiger partial charge in [0.2, 0.25) is 0 Å². The molecule has 4 heteroatoms. The van der Waals surface area contributed by atoms with E-state index in [9.17, 15) is 0 Å². The van der Waals surface area contributed by atoms with E-state index in [4.69, 9.17) is 0 Å². The van der Waals surface area contributed by atoms with Crippen LogP contribution in [0.5, 0.6) is 0 Å². The Morgan fingerprint density at radius 1 is 1.67 bits per heavy atom. The van der Waals surface area contributed by atoms with Crippen LogP contribution in [0.25, 0.3) is 0 Å². The third kappa shape index (κ3) is 2.38. The molecule has 2 N–H and O–H groups in total. The molecule has 15 heavy (non-hydrogen) atoms. The normalized spacial score (nSPS) is 29.5. The largest absolute Gasteiger partial charge is 0.347 e. The molecule has 0 spiro atoms. The second kappa shape index (κ2) is 4.33. The first-order chi connectivity index (χ1) is 7.16. The SMILES string of the molecule is CC(NC1CC(C)N(C)C1)c1ncc[nH]1. The number of nitrogens with zero attached hydrogens (tertiary/aromatic N) is 2. The molecule has 2 rings (SSSR count). The maximum Gasteiger partial charge on any atom is 0.122 e. The number of rotatable bonds is 3. The molecule has 0 saturated carbocycles. The van der Waals surface area contributed by atoms with Gasteiger partial charge >= 0.3 is 0 Å². The van der Waals surface area contributed by atoms with Crippen LogP contribution in [-0.2, 0) is 0 Å².